The first-order chi connectivity index (χ1) is 21.0. The van der Waals surface area contributed by atoms with Crippen LogP contribution in [0.2, 0.25) is 0 Å². The van der Waals surface area contributed by atoms with Gasteiger partial charge in [0.15, 0.2) is 5.78 Å². The zero-order valence-corrected chi connectivity index (χ0v) is 24.5. The van der Waals surface area contributed by atoms with E-state index in [9.17, 15) is 31.9 Å². The van der Waals surface area contributed by atoms with Gasteiger partial charge in [0, 0.05) is 22.1 Å². The highest BCUT2D eigenvalue weighted by Crippen LogP contribution is 2.53. The number of ether oxygens (including phenoxy) is 2. The molecule has 0 spiro atoms. The Balaban J connectivity index is 1.86. The number of thiophene rings is 1. The van der Waals surface area contributed by atoms with Gasteiger partial charge < -0.3 is 15.2 Å². The molecule has 5 rings (SSSR count). The van der Waals surface area contributed by atoms with E-state index in [-0.39, 0.29) is 47.9 Å². The maximum absolute atomic E-state index is 14.6. The Hall–Kier alpha value is -4.45. The zero-order valence-electron chi connectivity index (χ0n) is 23.7. The lowest BCUT2D eigenvalue weighted by Gasteiger charge is -2.44. The fourth-order valence-electron chi connectivity index (χ4n) is 5.88. The number of esters is 2. The van der Waals surface area contributed by atoms with Crippen LogP contribution in [-0.2, 0) is 30.0 Å². The number of carbonyl (C=O) groups excluding carboxylic acids is 3. The third kappa shape index (κ3) is 5.49. The molecule has 0 saturated carbocycles. The molecule has 3 aromatic rings. The smallest absolute Gasteiger partial charge is 0.418 e. The van der Waals surface area contributed by atoms with Crippen molar-refractivity contribution in [2.45, 2.75) is 38.3 Å². The highest BCUT2D eigenvalue weighted by molar-refractivity contribution is 7.10. The molecule has 1 aromatic heterocycles. The molecule has 0 unspecified atom stereocenters. The molecule has 230 valence electrons. The summed E-state index contributed by atoms with van der Waals surface area (Å²) in [6.45, 7) is 3.02. The highest BCUT2D eigenvalue weighted by atomic mass is 32.1. The van der Waals surface area contributed by atoms with Crippen LogP contribution in [0.15, 0.2) is 88.7 Å². The second kappa shape index (κ2) is 12.3. The summed E-state index contributed by atoms with van der Waals surface area (Å²) in [5, 5.41) is 1.76. The van der Waals surface area contributed by atoms with Crippen molar-refractivity contribution < 1.29 is 41.4 Å². The van der Waals surface area contributed by atoms with Crippen molar-refractivity contribution in [1.29, 1.82) is 0 Å². The lowest BCUT2D eigenvalue weighted by atomic mass is 9.68. The minimum atomic E-state index is -4.82. The largest absolute Gasteiger partial charge is 0.465 e. The minimum Gasteiger partial charge on any atom is -0.465 e. The van der Waals surface area contributed by atoms with Gasteiger partial charge in [-0.1, -0.05) is 30.3 Å². The van der Waals surface area contributed by atoms with E-state index in [0.29, 0.717) is 4.88 Å². The number of rotatable bonds is 7. The Bertz CT molecular complexity index is 1650. The van der Waals surface area contributed by atoms with Gasteiger partial charge in [-0.2, -0.15) is 13.2 Å². The second-order valence-corrected chi connectivity index (χ2v) is 11.1. The van der Waals surface area contributed by atoms with Crippen molar-refractivity contribution in [2.75, 3.05) is 18.1 Å². The van der Waals surface area contributed by atoms with E-state index in [1.54, 1.807) is 31.4 Å². The fourth-order valence-corrected chi connectivity index (χ4v) is 6.75. The number of hydrogen-bond donors (Lipinski definition) is 1. The Morgan fingerprint density at radius 1 is 1.00 bits per heavy atom. The van der Waals surface area contributed by atoms with Gasteiger partial charge in [-0.3, -0.25) is 14.5 Å². The molecule has 0 fully saturated rings. The molecule has 2 N–H and O–H groups in total. The molecule has 1 aliphatic heterocycles. The minimum absolute atomic E-state index is 0.0148. The molecule has 0 saturated heterocycles. The molecule has 12 heteroatoms. The van der Waals surface area contributed by atoms with E-state index in [2.05, 4.69) is 0 Å². The highest BCUT2D eigenvalue weighted by Gasteiger charge is 2.52. The molecule has 0 bridgehead atoms. The number of halogens is 4. The molecule has 3 atom stereocenters. The predicted octanol–water partition coefficient (Wildman–Crippen LogP) is 6.43. The summed E-state index contributed by atoms with van der Waals surface area (Å²) in [5.74, 6) is -6.91. The third-order valence-corrected chi connectivity index (χ3v) is 8.64. The summed E-state index contributed by atoms with van der Waals surface area (Å²) in [5.41, 5.74) is 5.12. The average Bonchev–Trinajstić information content (AvgIpc) is 3.52. The lowest BCUT2D eigenvalue weighted by Crippen LogP contribution is -2.46. The van der Waals surface area contributed by atoms with Gasteiger partial charge in [-0.15, -0.1) is 11.3 Å². The summed E-state index contributed by atoms with van der Waals surface area (Å²) in [7, 11) is 0. The summed E-state index contributed by atoms with van der Waals surface area (Å²) in [4.78, 5) is 43.3. The first-order valence-electron chi connectivity index (χ1n) is 13.8. The number of ketones is 1. The SMILES string of the molecule is CCOC(=O)C1=C(N)N(c2ccccc2C(F)(F)F)C2=C(C(=O)[C@@H](C(=O)OCC)[C@@H](c3cccs3)C2)[C@@H]1c1ccc(F)cc1. The van der Waals surface area contributed by atoms with E-state index >= 15 is 0 Å². The normalized spacial score (nSPS) is 20.5. The number of nitrogens with two attached hydrogens (primary N) is 1. The van der Waals surface area contributed by atoms with Gasteiger partial charge in [0.25, 0.3) is 0 Å². The summed E-state index contributed by atoms with van der Waals surface area (Å²) in [6, 6.07) is 13.1. The molecule has 0 radical (unpaired) electrons. The van der Waals surface area contributed by atoms with Crippen molar-refractivity contribution in [3.05, 3.63) is 111 Å². The van der Waals surface area contributed by atoms with Crippen LogP contribution in [0.5, 0.6) is 0 Å². The van der Waals surface area contributed by atoms with Crippen LogP contribution < -0.4 is 10.6 Å². The molecule has 0 amide bonds. The average molecular weight is 629 g/mol. The van der Waals surface area contributed by atoms with Crippen molar-refractivity contribution in [1.82, 2.24) is 0 Å². The monoisotopic (exact) mass is 628 g/mol. The molecular formula is C32H28F4N2O5S. The molecule has 44 heavy (non-hydrogen) atoms. The summed E-state index contributed by atoms with van der Waals surface area (Å²) < 4.78 is 67.8. The van der Waals surface area contributed by atoms with Crippen LogP contribution in [0.1, 0.15) is 48.1 Å². The van der Waals surface area contributed by atoms with Crippen LogP contribution in [0.25, 0.3) is 0 Å². The van der Waals surface area contributed by atoms with Crippen LogP contribution >= 0.6 is 11.3 Å². The van der Waals surface area contributed by atoms with Crippen molar-refractivity contribution in [2.24, 2.45) is 11.7 Å². The number of alkyl halides is 3. The van der Waals surface area contributed by atoms with Crippen LogP contribution in [0.4, 0.5) is 23.2 Å². The Morgan fingerprint density at radius 3 is 2.30 bits per heavy atom. The zero-order chi connectivity index (χ0) is 31.8. The number of nitrogens with zero attached hydrogens (tertiary/aromatic N) is 1. The molecular weight excluding hydrogens is 600 g/mol. The topological polar surface area (TPSA) is 98.9 Å². The standard InChI is InChI=1S/C32H28F4N2O5S/c1-3-42-30(40)25-19(23-10-7-15-44-23)16-22-26(28(25)39)24(17-11-13-18(33)14-12-17)27(31(41)43-4-2)29(37)38(22)21-9-6-5-8-20(21)32(34,35)36/h5-15,19,24-25H,3-4,16,37H2,1-2H3/t19-,24+,25+/m1/s1. The van der Waals surface area contributed by atoms with Gasteiger partial charge in [-0.05, 0) is 61.5 Å². The Labute approximate surface area is 254 Å². The number of anilines is 1. The second-order valence-electron chi connectivity index (χ2n) is 10.1. The number of allylic oxidation sites excluding steroid dienone is 2. The lowest BCUT2D eigenvalue weighted by molar-refractivity contribution is -0.152. The van der Waals surface area contributed by atoms with E-state index < -0.39 is 58.7 Å². The van der Waals surface area contributed by atoms with Crippen LogP contribution in [-0.4, -0.2) is 30.9 Å². The summed E-state index contributed by atoms with van der Waals surface area (Å²) in [6.07, 6.45) is -4.92. The molecule has 2 aliphatic rings. The number of para-hydroxylation sites is 1. The number of Topliss-reactive ketones (excluding diaryl/α,β-unsaturated/α-hetero) is 1. The first-order valence-corrected chi connectivity index (χ1v) is 14.7. The number of benzene rings is 2. The van der Waals surface area contributed by atoms with E-state index in [4.69, 9.17) is 15.2 Å². The maximum Gasteiger partial charge on any atom is 0.418 e. The quantitative estimate of drug-likeness (QED) is 0.183. The Morgan fingerprint density at radius 2 is 1.68 bits per heavy atom. The van der Waals surface area contributed by atoms with Crippen LogP contribution in [0.3, 0.4) is 0 Å². The molecule has 2 heterocycles. The van der Waals surface area contributed by atoms with Gasteiger partial charge in [0.2, 0.25) is 0 Å². The maximum atomic E-state index is 14.6. The molecule has 7 nitrogen and oxygen atoms in total. The Kier molecular flexibility index (Phi) is 8.64. The summed E-state index contributed by atoms with van der Waals surface area (Å²) >= 11 is 1.29. The third-order valence-electron chi connectivity index (χ3n) is 7.64. The predicted molar refractivity (Wildman–Crippen MR) is 155 cm³/mol. The van der Waals surface area contributed by atoms with Gasteiger partial charge in [0.1, 0.15) is 17.6 Å². The van der Waals surface area contributed by atoms with Crippen molar-refractivity contribution in [3.63, 3.8) is 0 Å². The van der Waals surface area contributed by atoms with Crippen molar-refractivity contribution >= 4 is 34.7 Å². The van der Waals surface area contributed by atoms with Crippen molar-refractivity contribution in [3.8, 4) is 0 Å². The number of hydrogen-bond acceptors (Lipinski definition) is 8. The van der Waals surface area contributed by atoms with Gasteiger partial charge >= 0.3 is 18.1 Å². The van der Waals surface area contributed by atoms with E-state index in [0.717, 1.165) is 23.1 Å². The van der Waals surface area contributed by atoms with Gasteiger partial charge in [0.05, 0.1) is 36.0 Å². The molecule has 1 aliphatic carbocycles. The number of carbonyl (C=O) groups is 3. The molecule has 2 aromatic carbocycles. The van der Waals surface area contributed by atoms with Crippen LogP contribution in [0, 0.1) is 11.7 Å². The van der Waals surface area contributed by atoms with Gasteiger partial charge in [-0.25, -0.2) is 9.18 Å². The van der Waals surface area contributed by atoms with E-state index in [1.807, 2.05) is 0 Å². The van der Waals surface area contributed by atoms with E-state index in [1.165, 1.54) is 41.7 Å². The first kappa shape index (κ1) is 31.0. The fraction of sp³-hybridized carbons (Fsp3) is 0.281.